The van der Waals surface area contributed by atoms with Gasteiger partial charge in [0.05, 0.1) is 0 Å². The van der Waals surface area contributed by atoms with E-state index < -0.39 is 0 Å². The molecule has 0 aromatic heterocycles. The molecule has 0 radical (unpaired) electrons. The fourth-order valence-electron chi connectivity index (χ4n) is 5.82. The zero-order valence-electron chi connectivity index (χ0n) is 17.4. The Bertz CT molecular complexity index is 730. The Morgan fingerprint density at radius 3 is 2.11 bits per heavy atom. The average molecular weight is 379 g/mol. The Hall–Kier alpha value is -1.63. The van der Waals surface area contributed by atoms with Crippen molar-refractivity contribution in [2.75, 3.05) is 0 Å². The third kappa shape index (κ3) is 4.67. The minimum Gasteiger partial charge on any atom is -0.207 e. The quantitative estimate of drug-likeness (QED) is 0.443. The molecule has 2 aliphatic rings. The third-order valence-corrected chi connectivity index (χ3v) is 7.50. The van der Waals surface area contributed by atoms with Gasteiger partial charge in [-0.05, 0) is 84.6 Å². The van der Waals surface area contributed by atoms with Crippen LogP contribution in [-0.4, -0.2) is 0 Å². The molecular formula is C27H35F. The molecule has 2 aromatic rings. The van der Waals surface area contributed by atoms with Crippen molar-refractivity contribution in [3.63, 3.8) is 0 Å². The van der Waals surface area contributed by atoms with E-state index in [-0.39, 0.29) is 5.82 Å². The van der Waals surface area contributed by atoms with Crippen LogP contribution in [0.4, 0.5) is 4.39 Å². The van der Waals surface area contributed by atoms with Gasteiger partial charge in [0.15, 0.2) is 0 Å². The van der Waals surface area contributed by atoms with Gasteiger partial charge in [-0.1, -0.05) is 75.4 Å². The molecule has 150 valence electrons. The molecular weight excluding hydrogens is 343 g/mol. The highest BCUT2D eigenvalue weighted by atomic mass is 19.1. The summed E-state index contributed by atoms with van der Waals surface area (Å²) in [5.74, 6) is 3.53. The smallest absolute Gasteiger partial charge is 0.123 e. The molecule has 0 N–H and O–H groups in total. The van der Waals surface area contributed by atoms with Gasteiger partial charge < -0.3 is 0 Å². The number of benzene rings is 2. The molecule has 28 heavy (non-hydrogen) atoms. The molecule has 0 nitrogen and oxygen atoms in total. The predicted octanol–water partition coefficient (Wildman–Crippen LogP) is 8.37. The molecule has 2 aliphatic carbocycles. The van der Waals surface area contributed by atoms with Gasteiger partial charge in [-0.2, -0.15) is 0 Å². The Balaban J connectivity index is 1.34. The lowest BCUT2D eigenvalue weighted by molar-refractivity contribution is 0.113. The number of fused-ring (bicyclic) bond motifs is 1. The molecule has 0 aliphatic heterocycles. The molecule has 0 bridgehead atoms. The standard InChI is InChI=1S/C27H35F/c1-2-3-4-5-20-6-7-26-19-25(13-12-24(26)18-20)23-10-8-21(9-11-23)22-14-16-27(28)17-15-22/h8-11,14-17,20,24-26H,2-7,12-13,18-19H2,1H3/t20?,24-,25-,26-/m1/s1. The summed E-state index contributed by atoms with van der Waals surface area (Å²) in [5, 5.41) is 0. The van der Waals surface area contributed by atoms with Crippen molar-refractivity contribution >= 4 is 0 Å². The van der Waals surface area contributed by atoms with Crippen LogP contribution in [0.3, 0.4) is 0 Å². The summed E-state index contributed by atoms with van der Waals surface area (Å²) >= 11 is 0. The Morgan fingerprint density at radius 2 is 1.39 bits per heavy atom. The van der Waals surface area contributed by atoms with Crippen molar-refractivity contribution in [1.29, 1.82) is 0 Å². The molecule has 0 heterocycles. The maximum absolute atomic E-state index is 13.1. The van der Waals surface area contributed by atoms with Gasteiger partial charge in [-0.3, -0.25) is 0 Å². The lowest BCUT2D eigenvalue weighted by Crippen LogP contribution is -2.30. The molecule has 0 spiro atoms. The molecule has 2 fully saturated rings. The van der Waals surface area contributed by atoms with Gasteiger partial charge in [-0.25, -0.2) is 4.39 Å². The zero-order valence-corrected chi connectivity index (χ0v) is 17.4. The van der Waals surface area contributed by atoms with Gasteiger partial charge in [0.25, 0.3) is 0 Å². The Labute approximate surface area is 170 Å². The second-order valence-corrected chi connectivity index (χ2v) is 9.33. The van der Waals surface area contributed by atoms with Gasteiger partial charge in [-0.15, -0.1) is 0 Å². The summed E-state index contributed by atoms with van der Waals surface area (Å²) in [7, 11) is 0. The van der Waals surface area contributed by atoms with Crippen molar-refractivity contribution in [2.24, 2.45) is 17.8 Å². The van der Waals surface area contributed by atoms with Gasteiger partial charge in [0.2, 0.25) is 0 Å². The maximum atomic E-state index is 13.1. The first kappa shape index (κ1) is 19.7. The van der Waals surface area contributed by atoms with E-state index in [4.69, 9.17) is 0 Å². The molecule has 2 aromatic carbocycles. The topological polar surface area (TPSA) is 0 Å². The van der Waals surface area contributed by atoms with Crippen molar-refractivity contribution in [2.45, 2.75) is 77.0 Å². The molecule has 1 heteroatoms. The van der Waals surface area contributed by atoms with E-state index in [0.717, 1.165) is 29.2 Å². The normalized spacial score (nSPS) is 27.4. The van der Waals surface area contributed by atoms with E-state index in [0.29, 0.717) is 0 Å². The highest BCUT2D eigenvalue weighted by molar-refractivity contribution is 5.63. The van der Waals surface area contributed by atoms with E-state index in [1.54, 1.807) is 12.1 Å². The summed E-state index contributed by atoms with van der Waals surface area (Å²) in [6.45, 7) is 2.31. The van der Waals surface area contributed by atoms with Crippen molar-refractivity contribution in [1.82, 2.24) is 0 Å². The van der Waals surface area contributed by atoms with Crippen LogP contribution in [0.15, 0.2) is 48.5 Å². The second kappa shape index (κ2) is 9.25. The van der Waals surface area contributed by atoms with E-state index in [2.05, 4.69) is 31.2 Å². The number of hydrogen-bond donors (Lipinski definition) is 0. The molecule has 4 atom stereocenters. The maximum Gasteiger partial charge on any atom is 0.123 e. The lowest BCUT2D eigenvalue weighted by Gasteiger charge is -2.42. The largest absolute Gasteiger partial charge is 0.207 e. The van der Waals surface area contributed by atoms with Crippen molar-refractivity contribution in [3.05, 3.63) is 59.9 Å². The van der Waals surface area contributed by atoms with Gasteiger partial charge >= 0.3 is 0 Å². The van der Waals surface area contributed by atoms with Crippen LogP contribution < -0.4 is 0 Å². The van der Waals surface area contributed by atoms with Crippen LogP contribution in [0.25, 0.3) is 11.1 Å². The third-order valence-electron chi connectivity index (χ3n) is 7.50. The van der Waals surface area contributed by atoms with Crippen LogP contribution in [-0.2, 0) is 0 Å². The van der Waals surface area contributed by atoms with Crippen LogP contribution in [0.2, 0.25) is 0 Å². The first-order valence-corrected chi connectivity index (χ1v) is 11.6. The SMILES string of the molecule is CCCCCC1CC[C@@H]2C[C@H](c3ccc(-c4ccc(F)cc4)cc3)CC[C@@H]2C1. The van der Waals surface area contributed by atoms with Gasteiger partial charge in [0.1, 0.15) is 5.82 Å². The first-order valence-electron chi connectivity index (χ1n) is 11.6. The molecule has 0 amide bonds. The van der Waals surface area contributed by atoms with Crippen LogP contribution >= 0.6 is 0 Å². The number of halogens is 1. The number of hydrogen-bond acceptors (Lipinski definition) is 0. The minimum atomic E-state index is -0.169. The molecule has 2 saturated carbocycles. The lowest BCUT2D eigenvalue weighted by atomic mass is 9.63. The van der Waals surface area contributed by atoms with E-state index in [9.17, 15) is 4.39 Å². The summed E-state index contributed by atoms with van der Waals surface area (Å²) in [5.41, 5.74) is 3.79. The highest BCUT2D eigenvalue weighted by Crippen LogP contribution is 2.48. The summed E-state index contributed by atoms with van der Waals surface area (Å²) in [6, 6.07) is 15.9. The van der Waals surface area contributed by atoms with Crippen molar-refractivity contribution < 1.29 is 4.39 Å². The van der Waals surface area contributed by atoms with Crippen molar-refractivity contribution in [3.8, 4) is 11.1 Å². The summed E-state index contributed by atoms with van der Waals surface area (Å²) in [4.78, 5) is 0. The number of rotatable bonds is 6. The van der Waals surface area contributed by atoms with Gasteiger partial charge in [0, 0.05) is 0 Å². The Morgan fingerprint density at radius 1 is 0.750 bits per heavy atom. The zero-order chi connectivity index (χ0) is 19.3. The van der Waals surface area contributed by atoms with E-state index in [1.165, 1.54) is 75.3 Å². The number of unbranched alkanes of at least 4 members (excludes halogenated alkanes) is 2. The fraction of sp³-hybridized carbons (Fsp3) is 0.556. The minimum absolute atomic E-state index is 0.169. The molecule has 0 saturated heterocycles. The van der Waals surface area contributed by atoms with E-state index >= 15 is 0 Å². The van der Waals surface area contributed by atoms with Crippen LogP contribution in [0.5, 0.6) is 0 Å². The monoisotopic (exact) mass is 378 g/mol. The van der Waals surface area contributed by atoms with Crippen LogP contribution in [0, 0.1) is 23.6 Å². The molecule has 4 rings (SSSR count). The first-order chi connectivity index (χ1) is 13.7. The Kier molecular flexibility index (Phi) is 6.50. The molecule has 1 unspecified atom stereocenters. The fourth-order valence-corrected chi connectivity index (χ4v) is 5.82. The summed E-state index contributed by atoms with van der Waals surface area (Å²) in [6.07, 6.45) is 14.3. The van der Waals surface area contributed by atoms with E-state index in [1.807, 2.05) is 12.1 Å². The highest BCUT2D eigenvalue weighted by Gasteiger charge is 2.35. The summed E-state index contributed by atoms with van der Waals surface area (Å²) < 4.78 is 13.1. The predicted molar refractivity (Wildman–Crippen MR) is 117 cm³/mol. The average Bonchev–Trinajstić information content (AvgIpc) is 2.74. The van der Waals surface area contributed by atoms with Crippen LogP contribution in [0.1, 0.15) is 82.6 Å². The second-order valence-electron chi connectivity index (χ2n) is 9.33.